The van der Waals surface area contributed by atoms with Gasteiger partial charge < -0.3 is 0 Å². The normalized spacial score (nSPS) is 8.08. The summed E-state index contributed by atoms with van der Waals surface area (Å²) in [6, 6.07) is 11.1. The molecule has 0 N–H and O–H groups in total. The SMILES string of the molecule is CC.CC(C)c1cc[c-]cc1.[Y]. The standard InChI is InChI=1S/C9H11.C2H6.Y/c1-8(2)9-6-4-3-5-7-9;1-2;/h4-8H,1-2H3;1-2H3;/q-1;;. The summed E-state index contributed by atoms with van der Waals surface area (Å²) in [6.07, 6.45) is 0. The fraction of sp³-hybridized carbons (Fsp3) is 0.455. The van der Waals surface area contributed by atoms with E-state index in [-0.39, 0.29) is 32.7 Å². The van der Waals surface area contributed by atoms with Crippen molar-refractivity contribution in [2.45, 2.75) is 33.6 Å². The molecular weight excluding hydrogens is 221 g/mol. The van der Waals surface area contributed by atoms with Gasteiger partial charge in [0.25, 0.3) is 0 Å². The molecule has 0 saturated carbocycles. The summed E-state index contributed by atoms with van der Waals surface area (Å²) >= 11 is 0. The van der Waals surface area contributed by atoms with Gasteiger partial charge in [0.1, 0.15) is 0 Å². The van der Waals surface area contributed by atoms with Crippen molar-refractivity contribution >= 4 is 0 Å². The molecule has 0 aliphatic heterocycles. The van der Waals surface area contributed by atoms with Crippen molar-refractivity contribution in [3.63, 3.8) is 0 Å². The van der Waals surface area contributed by atoms with Crippen molar-refractivity contribution in [1.29, 1.82) is 0 Å². The van der Waals surface area contributed by atoms with E-state index in [1.54, 1.807) is 0 Å². The average molecular weight is 238 g/mol. The summed E-state index contributed by atoms with van der Waals surface area (Å²) < 4.78 is 0. The van der Waals surface area contributed by atoms with Gasteiger partial charge >= 0.3 is 0 Å². The van der Waals surface area contributed by atoms with Gasteiger partial charge in [0.05, 0.1) is 0 Å². The van der Waals surface area contributed by atoms with E-state index in [1.807, 2.05) is 26.0 Å². The molecule has 0 amide bonds. The second kappa shape index (κ2) is 9.41. The Kier molecular flexibility index (Phi) is 11.6. The smallest absolute Gasteiger partial charge is 0 e. The minimum absolute atomic E-state index is 0. The van der Waals surface area contributed by atoms with Crippen LogP contribution in [-0.4, -0.2) is 0 Å². The van der Waals surface area contributed by atoms with Crippen LogP contribution in [0.5, 0.6) is 0 Å². The van der Waals surface area contributed by atoms with Crippen LogP contribution in [0.4, 0.5) is 0 Å². The third kappa shape index (κ3) is 5.91. The molecule has 0 bridgehead atoms. The van der Waals surface area contributed by atoms with Gasteiger partial charge in [-0.15, -0.1) is 0 Å². The maximum absolute atomic E-state index is 2.99. The van der Waals surface area contributed by atoms with Gasteiger partial charge in [0.2, 0.25) is 0 Å². The molecule has 1 heteroatoms. The van der Waals surface area contributed by atoms with Gasteiger partial charge in [-0.05, 0) is 5.92 Å². The molecule has 1 rings (SSSR count). The maximum Gasteiger partial charge on any atom is 0 e. The quantitative estimate of drug-likeness (QED) is 0.655. The van der Waals surface area contributed by atoms with E-state index >= 15 is 0 Å². The molecule has 0 atom stereocenters. The third-order valence-electron chi connectivity index (χ3n) is 1.41. The van der Waals surface area contributed by atoms with Crippen molar-refractivity contribution in [3.05, 3.63) is 35.9 Å². The molecule has 0 aromatic heterocycles. The fourth-order valence-electron chi connectivity index (χ4n) is 0.785. The van der Waals surface area contributed by atoms with Crippen LogP contribution in [0.3, 0.4) is 0 Å². The molecule has 0 aliphatic carbocycles. The molecule has 0 aliphatic rings. The predicted octanol–water partition coefficient (Wildman–Crippen LogP) is 3.63. The molecular formula is C11H17Y-. The fourth-order valence-corrected chi connectivity index (χ4v) is 0.785. The van der Waals surface area contributed by atoms with Gasteiger partial charge in [-0.2, -0.15) is 35.9 Å². The minimum atomic E-state index is 0. The van der Waals surface area contributed by atoms with Crippen LogP contribution in [0.2, 0.25) is 0 Å². The van der Waals surface area contributed by atoms with Crippen LogP contribution in [-0.2, 0) is 32.7 Å². The van der Waals surface area contributed by atoms with Crippen molar-refractivity contribution in [2.75, 3.05) is 0 Å². The summed E-state index contributed by atoms with van der Waals surface area (Å²) in [6.45, 7) is 8.38. The Morgan fingerprint density at radius 1 is 1.08 bits per heavy atom. The van der Waals surface area contributed by atoms with Crippen LogP contribution in [0, 0.1) is 6.07 Å². The van der Waals surface area contributed by atoms with Gasteiger partial charge in [-0.1, -0.05) is 27.7 Å². The van der Waals surface area contributed by atoms with Gasteiger partial charge in [-0.25, -0.2) is 0 Å². The average Bonchev–Trinajstić information content (AvgIpc) is 2.10. The first kappa shape index (κ1) is 14.8. The van der Waals surface area contributed by atoms with Crippen molar-refractivity contribution in [3.8, 4) is 0 Å². The zero-order valence-electron chi connectivity index (χ0n) is 8.46. The molecule has 0 saturated heterocycles. The van der Waals surface area contributed by atoms with E-state index in [0.29, 0.717) is 5.92 Å². The van der Waals surface area contributed by atoms with Crippen molar-refractivity contribution in [1.82, 2.24) is 0 Å². The molecule has 1 aromatic carbocycles. The molecule has 0 nitrogen and oxygen atoms in total. The van der Waals surface area contributed by atoms with Crippen molar-refractivity contribution in [2.24, 2.45) is 0 Å². The van der Waals surface area contributed by atoms with Crippen LogP contribution >= 0.6 is 0 Å². The second-order valence-electron chi connectivity index (χ2n) is 2.49. The molecule has 0 spiro atoms. The summed E-state index contributed by atoms with van der Waals surface area (Å²) in [5.41, 5.74) is 1.38. The Labute approximate surface area is 102 Å². The van der Waals surface area contributed by atoms with Crippen LogP contribution < -0.4 is 0 Å². The Morgan fingerprint density at radius 3 is 1.75 bits per heavy atom. The molecule has 12 heavy (non-hydrogen) atoms. The Balaban J connectivity index is 0. The van der Waals surface area contributed by atoms with E-state index < -0.39 is 0 Å². The second-order valence-corrected chi connectivity index (χ2v) is 2.49. The molecule has 1 aromatic rings. The summed E-state index contributed by atoms with van der Waals surface area (Å²) in [5.74, 6) is 0.639. The first-order valence-corrected chi connectivity index (χ1v) is 4.26. The Bertz CT molecular complexity index is 168. The predicted molar refractivity (Wildman–Crippen MR) is 50.7 cm³/mol. The van der Waals surface area contributed by atoms with E-state index in [1.165, 1.54) is 5.56 Å². The number of rotatable bonds is 1. The summed E-state index contributed by atoms with van der Waals surface area (Å²) in [4.78, 5) is 0. The minimum Gasteiger partial charge on any atom is -0.184 e. The van der Waals surface area contributed by atoms with Gasteiger partial charge in [-0.3, -0.25) is 0 Å². The monoisotopic (exact) mass is 238 g/mol. The number of benzene rings is 1. The first-order chi connectivity index (χ1) is 5.30. The van der Waals surface area contributed by atoms with Crippen LogP contribution in [0.1, 0.15) is 39.2 Å². The zero-order chi connectivity index (χ0) is 8.69. The maximum atomic E-state index is 2.99. The van der Waals surface area contributed by atoms with Gasteiger partial charge in [0.15, 0.2) is 0 Å². The number of hydrogen-bond donors (Lipinski definition) is 0. The largest absolute Gasteiger partial charge is 0.184 e. The van der Waals surface area contributed by atoms with E-state index in [2.05, 4.69) is 32.0 Å². The molecule has 0 unspecified atom stereocenters. The van der Waals surface area contributed by atoms with E-state index in [4.69, 9.17) is 0 Å². The molecule has 0 fully saturated rings. The third-order valence-corrected chi connectivity index (χ3v) is 1.41. The first-order valence-electron chi connectivity index (χ1n) is 4.26. The Hall–Kier alpha value is 0.324. The summed E-state index contributed by atoms with van der Waals surface area (Å²) in [7, 11) is 0. The summed E-state index contributed by atoms with van der Waals surface area (Å²) in [5, 5.41) is 0. The van der Waals surface area contributed by atoms with E-state index in [9.17, 15) is 0 Å². The van der Waals surface area contributed by atoms with Crippen LogP contribution in [0.25, 0.3) is 0 Å². The molecule has 0 heterocycles. The van der Waals surface area contributed by atoms with Crippen molar-refractivity contribution < 1.29 is 32.7 Å². The Morgan fingerprint density at radius 2 is 1.50 bits per heavy atom. The molecule has 1 radical (unpaired) electrons. The number of hydrogen-bond acceptors (Lipinski definition) is 0. The molecule has 65 valence electrons. The zero-order valence-corrected chi connectivity index (χ0v) is 11.3. The topological polar surface area (TPSA) is 0 Å². The van der Waals surface area contributed by atoms with Gasteiger partial charge in [0, 0.05) is 32.7 Å². The van der Waals surface area contributed by atoms with Crippen LogP contribution in [0.15, 0.2) is 24.3 Å². The van der Waals surface area contributed by atoms with E-state index in [0.717, 1.165) is 0 Å².